The summed E-state index contributed by atoms with van der Waals surface area (Å²) in [5.41, 5.74) is 5.85. The quantitative estimate of drug-likeness (QED) is 0.0170. The van der Waals surface area contributed by atoms with E-state index in [1.807, 2.05) is 54.4 Å². The second-order valence-corrected chi connectivity index (χ2v) is 22.3. The van der Waals surface area contributed by atoms with E-state index in [1.165, 1.54) is 128 Å². The van der Waals surface area contributed by atoms with Gasteiger partial charge < -0.3 is 34.7 Å². The molecule has 0 fully saturated rings. The zero-order valence-corrected chi connectivity index (χ0v) is 43.2. The molecule has 0 bridgehead atoms. The smallest absolute Gasteiger partial charge is 0.389 e. The van der Waals surface area contributed by atoms with Crippen LogP contribution < -0.4 is 5.73 Å². The van der Waals surface area contributed by atoms with Crippen LogP contribution in [0.15, 0.2) is 24.3 Å². The minimum Gasteiger partial charge on any atom is -0.389 e. The summed E-state index contributed by atoms with van der Waals surface area (Å²) in [6.07, 6.45) is 36.5. The van der Waals surface area contributed by atoms with Crippen LogP contribution in [0.5, 0.6) is 0 Å². The van der Waals surface area contributed by atoms with E-state index in [1.54, 1.807) is 19.1 Å². The molecule has 0 aliphatic rings. The maximum absolute atomic E-state index is 11.9. The molecule has 62 heavy (non-hydrogen) atoms. The molecule has 15 heteroatoms. The molecule has 0 saturated carbocycles. The number of nitrogens with two attached hydrogens (primary N) is 1. The Balaban J connectivity index is 0. The van der Waals surface area contributed by atoms with Crippen LogP contribution in [0, 0.1) is 5.92 Å². The van der Waals surface area contributed by atoms with Gasteiger partial charge in [0.05, 0.1) is 73.7 Å². The van der Waals surface area contributed by atoms with Crippen molar-refractivity contribution < 1.29 is 56.2 Å². The van der Waals surface area contributed by atoms with E-state index >= 15 is 0 Å². The monoisotopic (exact) mass is 930 g/mol. The first-order valence-corrected chi connectivity index (χ1v) is 27.4. The molecular weight excluding hydrogens is 828 g/mol. The van der Waals surface area contributed by atoms with Gasteiger partial charge >= 0.3 is 15.6 Å². The van der Waals surface area contributed by atoms with E-state index in [0.29, 0.717) is 22.1 Å². The summed E-state index contributed by atoms with van der Waals surface area (Å²) in [7, 11) is 3.58. The predicted molar refractivity (Wildman–Crippen MR) is 259 cm³/mol. The summed E-state index contributed by atoms with van der Waals surface area (Å²) in [4.78, 5) is 19.4. The van der Waals surface area contributed by atoms with E-state index in [9.17, 15) is 29.1 Å². The van der Waals surface area contributed by atoms with Gasteiger partial charge in [0.2, 0.25) is 0 Å². The summed E-state index contributed by atoms with van der Waals surface area (Å²) < 4.78 is 44.9. The first-order chi connectivity index (χ1) is 29.1. The average molecular weight is 930 g/mol. The number of hydrogen-bond acceptors (Lipinski definition) is 9. The van der Waals surface area contributed by atoms with Gasteiger partial charge in [0.1, 0.15) is 26.3 Å². The average Bonchev–Trinajstić information content (AvgIpc) is 3.18. The number of likely N-dealkylation sites (N-methyl/N-ethyl adjacent to an activating group) is 2. The van der Waals surface area contributed by atoms with Crippen LogP contribution in [-0.4, -0.2) is 129 Å². The Morgan fingerprint density at radius 2 is 0.806 bits per heavy atom. The Hall–Kier alpha value is -0.500. The number of aliphatic hydroxyl groups is 2. The molecule has 0 radical (unpaired) electrons. The van der Waals surface area contributed by atoms with E-state index in [4.69, 9.17) is 23.8 Å². The molecule has 0 heterocycles. The molecule has 372 valence electrons. The van der Waals surface area contributed by atoms with Gasteiger partial charge in [-0.3, -0.25) is 18.1 Å². The Morgan fingerprint density at radius 1 is 0.500 bits per heavy atom. The summed E-state index contributed by atoms with van der Waals surface area (Å²) in [6.45, 7) is 7.46. The first-order valence-electron chi connectivity index (χ1n) is 24.4. The summed E-state index contributed by atoms with van der Waals surface area (Å²) >= 11 is 0. The maximum Gasteiger partial charge on any atom is 0.472 e. The van der Waals surface area contributed by atoms with E-state index in [-0.39, 0.29) is 32.3 Å². The molecule has 2 unspecified atom stereocenters. The van der Waals surface area contributed by atoms with Crippen LogP contribution >= 0.6 is 15.6 Å². The lowest BCUT2D eigenvalue weighted by molar-refractivity contribution is -0.870. The minimum atomic E-state index is -4.16. The van der Waals surface area contributed by atoms with Gasteiger partial charge in [-0.1, -0.05) is 173 Å². The molecule has 0 aromatic carbocycles. The van der Waals surface area contributed by atoms with Crippen LogP contribution in [0.3, 0.4) is 0 Å². The molecule has 6 atom stereocenters. The Labute approximate surface area is 381 Å². The molecule has 0 aromatic heterocycles. The van der Waals surface area contributed by atoms with Gasteiger partial charge in [-0.25, -0.2) is 9.13 Å². The normalized spacial score (nSPS) is 16.5. The van der Waals surface area contributed by atoms with Crippen molar-refractivity contribution in [1.29, 1.82) is 0 Å². The zero-order valence-electron chi connectivity index (χ0n) is 41.4. The topological polar surface area (TPSA) is 178 Å². The highest BCUT2D eigenvalue weighted by Crippen LogP contribution is 2.44. The lowest BCUT2D eigenvalue weighted by Gasteiger charge is -2.24. The van der Waals surface area contributed by atoms with Gasteiger partial charge in [0.15, 0.2) is 0 Å². The van der Waals surface area contributed by atoms with Crippen LogP contribution in [0.4, 0.5) is 0 Å². The van der Waals surface area contributed by atoms with E-state index in [2.05, 4.69) is 13.8 Å². The second-order valence-electron chi connectivity index (χ2n) is 19.3. The largest absolute Gasteiger partial charge is 0.472 e. The molecule has 0 spiro atoms. The highest BCUT2D eigenvalue weighted by molar-refractivity contribution is 7.47. The van der Waals surface area contributed by atoms with E-state index < -0.39 is 33.9 Å². The van der Waals surface area contributed by atoms with Gasteiger partial charge in [0, 0.05) is 5.92 Å². The number of rotatable bonds is 42. The van der Waals surface area contributed by atoms with Crippen molar-refractivity contribution in [2.45, 2.75) is 193 Å². The van der Waals surface area contributed by atoms with Crippen molar-refractivity contribution in [3.63, 3.8) is 0 Å². The van der Waals surface area contributed by atoms with Crippen molar-refractivity contribution in [1.82, 2.24) is 0 Å². The number of phosphoric ester groups is 2. The van der Waals surface area contributed by atoms with E-state index in [0.717, 1.165) is 25.7 Å². The van der Waals surface area contributed by atoms with Gasteiger partial charge in [-0.15, -0.1) is 0 Å². The van der Waals surface area contributed by atoms with Crippen molar-refractivity contribution in [2.75, 3.05) is 81.8 Å². The van der Waals surface area contributed by atoms with Gasteiger partial charge in [-0.2, -0.15) is 0 Å². The third-order valence-electron chi connectivity index (χ3n) is 10.6. The van der Waals surface area contributed by atoms with Crippen LogP contribution in [-0.2, 0) is 27.2 Å². The van der Waals surface area contributed by atoms with Crippen molar-refractivity contribution in [3.05, 3.63) is 24.3 Å². The Morgan fingerprint density at radius 3 is 1.15 bits per heavy atom. The number of phosphoric acid groups is 2. The zero-order chi connectivity index (χ0) is 47.2. The van der Waals surface area contributed by atoms with Crippen LogP contribution in [0.2, 0.25) is 0 Å². The number of unbranched alkanes of at least 4 members (excludes halogenated alkanes) is 22. The molecule has 0 aromatic rings. The predicted octanol–water partition coefficient (Wildman–Crippen LogP) is 10.9. The van der Waals surface area contributed by atoms with Crippen molar-refractivity contribution in [2.24, 2.45) is 11.7 Å². The number of hydrogen-bond donors (Lipinski definition) is 5. The molecule has 0 aliphatic carbocycles. The number of nitrogens with zero attached hydrogens (tertiary/aromatic N) is 2. The summed E-state index contributed by atoms with van der Waals surface area (Å²) in [6, 6.07) is -0.781. The molecule has 13 nitrogen and oxygen atoms in total. The molecular formula is C47H101N3O10P2+2. The summed E-state index contributed by atoms with van der Waals surface area (Å²) in [5, 5.41) is 20.3. The third-order valence-corrected chi connectivity index (χ3v) is 12.6. The standard InChI is InChI=1S/C24H50NO5P.C23H49N2O5P/c1-6-7-8-9-10-11-12-13-14-15-16-17-18-19-24(26)23(2)22-30-31(27,28)29-21-20-25(3,4)5;1-5-6-7-8-9-10-11-12-13-14-15-16-17-18-23(26)22(24)21-30-31(27,28)29-20-19-25(2,3)4/h18-19,23-24,26H,6-17,20-22H2,1-5H3;17-18,22-23,26H,5-16,19-21,24H2,1-4H3/p+2/b19-18+;18-17+/t23-,24+;22-,23+/m00/s1. The SMILES string of the molecule is CCCCCCCCCCCCC/C=C/[C@@H](O)[C@@H](C)COP(=O)(O)OCC[N+](C)(C)C.CCCCCCCCCCCCC/C=C/[C@@H](O)[C@@H](N)COP(=O)(O)OCC[N+](C)(C)C. The highest BCUT2D eigenvalue weighted by atomic mass is 31.2. The van der Waals surface area contributed by atoms with Crippen LogP contribution in [0.1, 0.15) is 175 Å². The lowest BCUT2D eigenvalue weighted by atomic mass is 10.0. The minimum absolute atomic E-state index is 0.0257. The number of aliphatic hydroxyl groups excluding tert-OH is 2. The molecule has 0 rings (SSSR count). The summed E-state index contributed by atoms with van der Waals surface area (Å²) in [5.74, 6) is -0.281. The van der Waals surface area contributed by atoms with Gasteiger partial charge in [-0.05, 0) is 25.7 Å². The fraction of sp³-hybridized carbons (Fsp3) is 0.915. The molecule has 0 saturated heterocycles. The second kappa shape index (κ2) is 39.6. The van der Waals surface area contributed by atoms with Crippen molar-refractivity contribution >= 4 is 15.6 Å². The van der Waals surface area contributed by atoms with Crippen LogP contribution in [0.25, 0.3) is 0 Å². The fourth-order valence-corrected chi connectivity index (χ4v) is 7.74. The first kappa shape index (κ1) is 63.6. The molecule has 6 N–H and O–H groups in total. The highest BCUT2D eigenvalue weighted by Gasteiger charge is 2.26. The Bertz CT molecular complexity index is 1080. The molecule has 0 aliphatic heterocycles. The number of allylic oxidation sites excluding steroid dienone is 2. The maximum atomic E-state index is 11.9. The number of quaternary nitrogens is 2. The lowest BCUT2D eigenvalue weighted by Crippen LogP contribution is -2.38. The fourth-order valence-electron chi connectivity index (χ4n) is 6.18. The Kier molecular flexibility index (Phi) is 40.7. The molecule has 0 amide bonds. The van der Waals surface area contributed by atoms with Crippen molar-refractivity contribution in [3.8, 4) is 0 Å². The third kappa shape index (κ3) is 47.5. The van der Waals surface area contributed by atoms with Gasteiger partial charge in [0.25, 0.3) is 0 Å².